The Bertz CT molecular complexity index is 804. The molecular weight excluding hydrogens is 501 g/mol. The first-order chi connectivity index (χ1) is 13.5. The fourth-order valence-electron chi connectivity index (χ4n) is 3.46. The molecule has 0 atom stereocenters. The van der Waals surface area contributed by atoms with Crippen molar-refractivity contribution >= 4 is 41.5 Å². The van der Waals surface area contributed by atoms with E-state index in [0.29, 0.717) is 0 Å². The van der Waals surface area contributed by atoms with Crippen molar-refractivity contribution < 1.29 is 4.74 Å². The lowest BCUT2D eigenvalue weighted by Gasteiger charge is -2.26. The van der Waals surface area contributed by atoms with Crippen LogP contribution in [0.4, 0.5) is 0 Å². The van der Waals surface area contributed by atoms with Crippen LogP contribution in [0, 0.1) is 0 Å². The summed E-state index contributed by atoms with van der Waals surface area (Å²) in [4.78, 5) is 8.96. The van der Waals surface area contributed by atoms with Crippen LogP contribution in [0.1, 0.15) is 16.8 Å². The number of aryl methyl sites for hydroxylation is 1. The quantitative estimate of drug-likeness (QED) is 0.353. The van der Waals surface area contributed by atoms with Crippen molar-refractivity contribution in [2.75, 3.05) is 40.4 Å². The number of aromatic nitrogens is 1. The average Bonchev–Trinajstić information content (AvgIpc) is 3.00. The SMILES string of the molecule is CN=C(NCc1cccc(CN2CCOCC2)c1)N(C)Cc1cc(Cl)cn1C.I. The maximum Gasteiger partial charge on any atom is 0.194 e. The van der Waals surface area contributed by atoms with Crippen LogP contribution in [-0.4, -0.2) is 60.7 Å². The molecule has 1 N–H and O–H groups in total. The Kier molecular flexibility index (Phi) is 9.74. The minimum absolute atomic E-state index is 0. The van der Waals surface area contributed by atoms with Gasteiger partial charge in [-0.1, -0.05) is 35.9 Å². The highest BCUT2D eigenvalue weighted by Crippen LogP contribution is 2.14. The molecule has 0 amide bonds. The molecule has 3 rings (SSSR count). The van der Waals surface area contributed by atoms with Gasteiger partial charge in [0.1, 0.15) is 0 Å². The van der Waals surface area contributed by atoms with Gasteiger partial charge in [-0.2, -0.15) is 0 Å². The topological polar surface area (TPSA) is 45.0 Å². The van der Waals surface area contributed by atoms with Crippen molar-refractivity contribution in [1.29, 1.82) is 0 Å². The molecule has 29 heavy (non-hydrogen) atoms. The van der Waals surface area contributed by atoms with Crippen LogP contribution < -0.4 is 5.32 Å². The van der Waals surface area contributed by atoms with Gasteiger partial charge in [0.05, 0.1) is 24.8 Å². The molecule has 0 spiro atoms. The summed E-state index contributed by atoms with van der Waals surface area (Å²) in [5.41, 5.74) is 3.73. The van der Waals surface area contributed by atoms with Gasteiger partial charge in [-0.3, -0.25) is 9.89 Å². The van der Waals surface area contributed by atoms with E-state index in [1.807, 2.05) is 38.0 Å². The van der Waals surface area contributed by atoms with E-state index < -0.39 is 0 Å². The standard InChI is InChI=1S/C21H30ClN5O.HI/c1-23-21(26(3)16-20-12-19(22)15-25(20)2)24-13-17-5-4-6-18(11-17)14-27-7-9-28-10-8-27;/h4-6,11-12,15H,7-10,13-14,16H2,1-3H3,(H,23,24);1H. The Morgan fingerprint density at radius 2 is 1.97 bits per heavy atom. The molecule has 0 bridgehead atoms. The minimum atomic E-state index is 0. The summed E-state index contributed by atoms with van der Waals surface area (Å²) in [6.07, 6.45) is 1.92. The third-order valence-corrected chi connectivity index (χ3v) is 5.21. The first kappa shape index (κ1) is 24.0. The fourth-order valence-corrected chi connectivity index (χ4v) is 3.73. The van der Waals surface area contributed by atoms with Gasteiger partial charge in [-0.15, -0.1) is 24.0 Å². The molecule has 160 valence electrons. The molecule has 0 unspecified atom stereocenters. The average molecular weight is 532 g/mol. The first-order valence-electron chi connectivity index (χ1n) is 9.65. The van der Waals surface area contributed by atoms with E-state index in [1.165, 1.54) is 11.1 Å². The Balaban J connectivity index is 0.00000300. The number of morpholine rings is 1. The summed E-state index contributed by atoms with van der Waals surface area (Å²) in [7, 11) is 5.85. The lowest BCUT2D eigenvalue weighted by molar-refractivity contribution is 0.0342. The van der Waals surface area contributed by atoms with Crippen LogP contribution in [0.2, 0.25) is 5.02 Å². The molecule has 1 aromatic heterocycles. The monoisotopic (exact) mass is 531 g/mol. The van der Waals surface area contributed by atoms with E-state index in [9.17, 15) is 0 Å². The summed E-state index contributed by atoms with van der Waals surface area (Å²) < 4.78 is 7.48. The van der Waals surface area contributed by atoms with Crippen LogP contribution in [-0.2, 0) is 31.4 Å². The van der Waals surface area contributed by atoms with Gasteiger partial charge in [-0.05, 0) is 17.2 Å². The molecule has 8 heteroatoms. The zero-order valence-corrected chi connectivity index (χ0v) is 20.5. The van der Waals surface area contributed by atoms with Crippen LogP contribution in [0.3, 0.4) is 0 Å². The summed E-state index contributed by atoms with van der Waals surface area (Å²) in [6, 6.07) is 10.7. The highest BCUT2D eigenvalue weighted by molar-refractivity contribution is 14.0. The smallest absolute Gasteiger partial charge is 0.194 e. The van der Waals surface area contributed by atoms with Gasteiger partial charge >= 0.3 is 0 Å². The van der Waals surface area contributed by atoms with Gasteiger partial charge in [0.25, 0.3) is 0 Å². The molecule has 2 heterocycles. The summed E-state index contributed by atoms with van der Waals surface area (Å²) in [5, 5.41) is 4.22. The first-order valence-corrected chi connectivity index (χ1v) is 10.0. The second kappa shape index (κ2) is 11.8. The molecule has 1 aromatic carbocycles. The molecule has 1 saturated heterocycles. The van der Waals surface area contributed by atoms with Gasteiger partial charge in [0.15, 0.2) is 5.96 Å². The zero-order chi connectivity index (χ0) is 19.9. The third-order valence-electron chi connectivity index (χ3n) is 5.00. The Labute approximate surface area is 195 Å². The molecule has 1 aliphatic heterocycles. The van der Waals surface area contributed by atoms with Gasteiger partial charge < -0.3 is 19.5 Å². The molecule has 0 aliphatic carbocycles. The number of nitrogens with zero attached hydrogens (tertiary/aromatic N) is 4. The maximum atomic E-state index is 6.09. The highest BCUT2D eigenvalue weighted by atomic mass is 127. The molecule has 2 aromatic rings. The van der Waals surface area contributed by atoms with E-state index >= 15 is 0 Å². The fraction of sp³-hybridized carbons (Fsp3) is 0.476. The Hall–Kier alpha value is -1.29. The van der Waals surface area contributed by atoms with Crippen molar-refractivity contribution in [3.63, 3.8) is 0 Å². The van der Waals surface area contributed by atoms with E-state index in [2.05, 4.69) is 44.4 Å². The largest absolute Gasteiger partial charge is 0.379 e. The molecule has 6 nitrogen and oxygen atoms in total. The highest BCUT2D eigenvalue weighted by Gasteiger charge is 2.12. The second-order valence-electron chi connectivity index (χ2n) is 7.23. The number of hydrogen-bond acceptors (Lipinski definition) is 3. The van der Waals surface area contributed by atoms with Gasteiger partial charge in [-0.25, -0.2) is 0 Å². The number of guanidine groups is 1. The van der Waals surface area contributed by atoms with E-state index in [4.69, 9.17) is 16.3 Å². The van der Waals surface area contributed by atoms with Crippen LogP contribution in [0.15, 0.2) is 41.5 Å². The number of benzene rings is 1. The van der Waals surface area contributed by atoms with Gasteiger partial charge in [0, 0.05) is 59.2 Å². The third kappa shape index (κ3) is 7.16. The predicted octanol–water partition coefficient (Wildman–Crippen LogP) is 3.34. The van der Waals surface area contributed by atoms with Crippen LogP contribution in [0.5, 0.6) is 0 Å². The lowest BCUT2D eigenvalue weighted by atomic mass is 10.1. The van der Waals surface area contributed by atoms with Crippen molar-refractivity contribution in [2.24, 2.45) is 12.0 Å². The maximum absolute atomic E-state index is 6.09. The molecule has 1 fully saturated rings. The normalized spacial score (nSPS) is 15.1. The van der Waals surface area contributed by atoms with E-state index in [-0.39, 0.29) is 24.0 Å². The number of nitrogens with one attached hydrogen (secondary N) is 1. The van der Waals surface area contributed by atoms with E-state index in [1.54, 1.807) is 0 Å². The van der Waals surface area contributed by atoms with E-state index in [0.717, 1.165) is 62.6 Å². The van der Waals surface area contributed by atoms with Crippen LogP contribution in [0.25, 0.3) is 0 Å². The predicted molar refractivity (Wildman–Crippen MR) is 130 cm³/mol. The van der Waals surface area contributed by atoms with Crippen LogP contribution >= 0.6 is 35.6 Å². The number of halogens is 2. The van der Waals surface area contributed by atoms with Gasteiger partial charge in [0.2, 0.25) is 0 Å². The Morgan fingerprint density at radius 3 is 2.62 bits per heavy atom. The number of rotatable bonds is 6. The van der Waals surface area contributed by atoms with Crippen molar-refractivity contribution in [3.8, 4) is 0 Å². The summed E-state index contributed by atoms with van der Waals surface area (Å²) in [6.45, 7) is 6.11. The van der Waals surface area contributed by atoms with Crippen molar-refractivity contribution in [1.82, 2.24) is 19.7 Å². The van der Waals surface area contributed by atoms with Crippen molar-refractivity contribution in [2.45, 2.75) is 19.6 Å². The second-order valence-corrected chi connectivity index (χ2v) is 7.66. The lowest BCUT2D eigenvalue weighted by Crippen LogP contribution is -2.38. The van der Waals surface area contributed by atoms with Crippen molar-refractivity contribution in [3.05, 3.63) is 58.4 Å². The summed E-state index contributed by atoms with van der Waals surface area (Å²) in [5.74, 6) is 0.857. The number of aliphatic imine (C=N–C) groups is 1. The number of hydrogen-bond donors (Lipinski definition) is 1. The Morgan fingerprint density at radius 1 is 1.24 bits per heavy atom. The minimum Gasteiger partial charge on any atom is -0.379 e. The molecule has 0 radical (unpaired) electrons. The zero-order valence-electron chi connectivity index (χ0n) is 17.4. The molecule has 1 aliphatic rings. The molecular formula is C21H31ClIN5O. The molecule has 0 saturated carbocycles. The summed E-state index contributed by atoms with van der Waals surface area (Å²) >= 11 is 6.09. The number of ether oxygens (including phenoxy) is 1.